The van der Waals surface area contributed by atoms with E-state index < -0.39 is 0 Å². The minimum Gasteiger partial charge on any atom is -0.477 e. The molecule has 5 heteroatoms. The molecule has 2 heterocycles. The van der Waals surface area contributed by atoms with Gasteiger partial charge in [0, 0.05) is 24.7 Å². The molecule has 1 atom stereocenters. The van der Waals surface area contributed by atoms with E-state index >= 15 is 0 Å². The summed E-state index contributed by atoms with van der Waals surface area (Å²) in [6, 6.07) is 3.38. The zero-order valence-corrected chi connectivity index (χ0v) is 10.5. The molecular formula is C13H18N2O3. The summed E-state index contributed by atoms with van der Waals surface area (Å²) in [5, 5.41) is 3.29. The average Bonchev–Trinajstić information content (AvgIpc) is 2.90. The van der Waals surface area contributed by atoms with Crippen LogP contribution in [0.1, 0.15) is 23.7 Å². The summed E-state index contributed by atoms with van der Waals surface area (Å²) in [7, 11) is 0. The fourth-order valence-corrected chi connectivity index (χ4v) is 1.86. The highest BCUT2D eigenvalue weighted by molar-refractivity contribution is 5.89. The number of pyridine rings is 1. The number of hydrogen-bond donors (Lipinski definition) is 1. The molecule has 18 heavy (non-hydrogen) atoms. The first-order valence-electron chi connectivity index (χ1n) is 6.26. The van der Waals surface area contributed by atoms with Crippen LogP contribution in [0.25, 0.3) is 0 Å². The second kappa shape index (κ2) is 6.35. The smallest absolute Gasteiger partial charge is 0.339 e. The Morgan fingerprint density at radius 2 is 2.44 bits per heavy atom. The number of carbonyl (C=O) groups is 1. The standard InChI is InChI=1S/C13H18N2O3/c1-2-17-13(16)11-3-4-12(15-8-11)18-9-10-5-6-14-7-10/h3-4,8,10,14H,2,5-7,9H2,1H3. The molecule has 1 aliphatic rings. The van der Waals surface area contributed by atoms with Gasteiger partial charge < -0.3 is 14.8 Å². The lowest BCUT2D eigenvalue weighted by Gasteiger charge is -2.10. The van der Waals surface area contributed by atoms with E-state index in [-0.39, 0.29) is 5.97 Å². The summed E-state index contributed by atoms with van der Waals surface area (Å²) in [5.74, 6) is 0.753. The van der Waals surface area contributed by atoms with Crippen LogP contribution < -0.4 is 10.1 Å². The first-order chi connectivity index (χ1) is 8.79. The maximum Gasteiger partial charge on any atom is 0.339 e. The molecule has 0 aliphatic carbocycles. The number of esters is 1. The Kier molecular flexibility index (Phi) is 4.52. The molecule has 0 amide bonds. The van der Waals surface area contributed by atoms with Crippen molar-refractivity contribution in [2.45, 2.75) is 13.3 Å². The van der Waals surface area contributed by atoms with Crippen LogP contribution in [-0.4, -0.2) is 37.3 Å². The summed E-state index contributed by atoms with van der Waals surface area (Å²) in [5.41, 5.74) is 0.451. The Morgan fingerprint density at radius 1 is 1.56 bits per heavy atom. The van der Waals surface area contributed by atoms with E-state index in [2.05, 4.69) is 10.3 Å². The number of carbonyl (C=O) groups excluding carboxylic acids is 1. The summed E-state index contributed by atoms with van der Waals surface area (Å²) in [6.45, 7) is 4.87. The van der Waals surface area contributed by atoms with Crippen molar-refractivity contribution >= 4 is 5.97 Å². The lowest BCUT2D eigenvalue weighted by molar-refractivity contribution is 0.0526. The highest BCUT2D eigenvalue weighted by atomic mass is 16.5. The number of hydrogen-bond acceptors (Lipinski definition) is 5. The highest BCUT2D eigenvalue weighted by Crippen LogP contribution is 2.12. The van der Waals surface area contributed by atoms with Gasteiger partial charge in [0.1, 0.15) is 0 Å². The van der Waals surface area contributed by atoms with Gasteiger partial charge in [-0.3, -0.25) is 0 Å². The Labute approximate surface area is 107 Å². The summed E-state index contributed by atoms with van der Waals surface area (Å²) < 4.78 is 10.5. The Hall–Kier alpha value is -1.62. The van der Waals surface area contributed by atoms with Crippen molar-refractivity contribution in [1.82, 2.24) is 10.3 Å². The van der Waals surface area contributed by atoms with Gasteiger partial charge in [-0.05, 0) is 26.0 Å². The predicted molar refractivity (Wildman–Crippen MR) is 66.7 cm³/mol. The van der Waals surface area contributed by atoms with Crippen molar-refractivity contribution in [3.8, 4) is 5.88 Å². The number of aromatic nitrogens is 1. The maximum atomic E-state index is 11.4. The molecule has 98 valence electrons. The van der Waals surface area contributed by atoms with Gasteiger partial charge in [-0.2, -0.15) is 0 Å². The van der Waals surface area contributed by atoms with Gasteiger partial charge in [0.05, 0.1) is 18.8 Å². The normalized spacial score (nSPS) is 18.6. The number of ether oxygens (including phenoxy) is 2. The molecule has 1 aliphatic heterocycles. The summed E-state index contributed by atoms with van der Waals surface area (Å²) >= 11 is 0. The molecule has 1 aromatic rings. The molecule has 0 spiro atoms. The molecule has 0 aromatic carbocycles. The summed E-state index contributed by atoms with van der Waals surface area (Å²) in [6.07, 6.45) is 2.63. The van der Waals surface area contributed by atoms with Crippen molar-refractivity contribution in [3.05, 3.63) is 23.9 Å². The van der Waals surface area contributed by atoms with E-state index in [9.17, 15) is 4.79 Å². The van der Waals surface area contributed by atoms with E-state index in [4.69, 9.17) is 9.47 Å². The Bertz CT molecular complexity index is 386. The van der Waals surface area contributed by atoms with Crippen LogP contribution in [0.4, 0.5) is 0 Å². The van der Waals surface area contributed by atoms with Crippen LogP contribution >= 0.6 is 0 Å². The minimum absolute atomic E-state index is 0.350. The van der Waals surface area contributed by atoms with Crippen LogP contribution in [-0.2, 0) is 4.74 Å². The highest BCUT2D eigenvalue weighted by Gasteiger charge is 2.15. The van der Waals surface area contributed by atoms with Gasteiger partial charge in [-0.25, -0.2) is 9.78 Å². The van der Waals surface area contributed by atoms with Crippen molar-refractivity contribution in [2.75, 3.05) is 26.3 Å². The van der Waals surface area contributed by atoms with Crippen LogP contribution in [0.5, 0.6) is 5.88 Å². The Morgan fingerprint density at radius 3 is 3.06 bits per heavy atom. The topological polar surface area (TPSA) is 60.5 Å². The number of rotatable bonds is 5. The minimum atomic E-state index is -0.350. The lowest BCUT2D eigenvalue weighted by atomic mass is 10.1. The van der Waals surface area contributed by atoms with Gasteiger partial charge in [0.15, 0.2) is 0 Å². The van der Waals surface area contributed by atoms with Crippen LogP contribution in [0.15, 0.2) is 18.3 Å². The first kappa shape index (κ1) is 12.8. The predicted octanol–water partition coefficient (Wildman–Crippen LogP) is 1.25. The summed E-state index contributed by atoms with van der Waals surface area (Å²) in [4.78, 5) is 15.5. The third kappa shape index (κ3) is 3.43. The zero-order valence-electron chi connectivity index (χ0n) is 10.5. The third-order valence-corrected chi connectivity index (χ3v) is 2.88. The Balaban J connectivity index is 1.85. The molecule has 1 N–H and O–H groups in total. The lowest BCUT2D eigenvalue weighted by Crippen LogP contribution is -2.16. The van der Waals surface area contributed by atoms with E-state index in [1.807, 2.05) is 0 Å². The van der Waals surface area contributed by atoms with Crippen molar-refractivity contribution in [3.63, 3.8) is 0 Å². The van der Waals surface area contributed by atoms with Gasteiger partial charge >= 0.3 is 5.97 Å². The van der Waals surface area contributed by atoms with E-state index in [1.54, 1.807) is 19.1 Å². The van der Waals surface area contributed by atoms with Gasteiger partial charge in [-0.1, -0.05) is 0 Å². The molecule has 1 aromatic heterocycles. The molecule has 0 bridgehead atoms. The zero-order chi connectivity index (χ0) is 12.8. The number of nitrogens with zero attached hydrogens (tertiary/aromatic N) is 1. The fourth-order valence-electron chi connectivity index (χ4n) is 1.86. The van der Waals surface area contributed by atoms with Gasteiger partial charge in [0.2, 0.25) is 5.88 Å². The van der Waals surface area contributed by atoms with Crippen molar-refractivity contribution in [2.24, 2.45) is 5.92 Å². The quantitative estimate of drug-likeness (QED) is 0.797. The molecule has 5 nitrogen and oxygen atoms in total. The first-order valence-corrected chi connectivity index (χ1v) is 6.26. The second-order valence-corrected chi connectivity index (χ2v) is 4.28. The monoisotopic (exact) mass is 250 g/mol. The van der Waals surface area contributed by atoms with E-state index in [0.29, 0.717) is 30.6 Å². The van der Waals surface area contributed by atoms with Crippen LogP contribution in [0.3, 0.4) is 0 Å². The van der Waals surface area contributed by atoms with Gasteiger partial charge in [-0.15, -0.1) is 0 Å². The van der Waals surface area contributed by atoms with Gasteiger partial charge in [0.25, 0.3) is 0 Å². The van der Waals surface area contributed by atoms with Crippen LogP contribution in [0.2, 0.25) is 0 Å². The largest absolute Gasteiger partial charge is 0.477 e. The number of nitrogens with one attached hydrogen (secondary N) is 1. The second-order valence-electron chi connectivity index (χ2n) is 4.28. The SMILES string of the molecule is CCOC(=O)c1ccc(OCC2CCNC2)nc1. The fraction of sp³-hybridized carbons (Fsp3) is 0.538. The molecule has 1 unspecified atom stereocenters. The molecule has 1 saturated heterocycles. The molecule has 1 fully saturated rings. The molecule has 0 saturated carbocycles. The van der Waals surface area contributed by atoms with Crippen LogP contribution in [0, 0.1) is 5.92 Å². The molecular weight excluding hydrogens is 232 g/mol. The van der Waals surface area contributed by atoms with E-state index in [1.165, 1.54) is 6.20 Å². The molecule has 2 rings (SSSR count). The van der Waals surface area contributed by atoms with E-state index in [0.717, 1.165) is 19.5 Å². The maximum absolute atomic E-state index is 11.4. The van der Waals surface area contributed by atoms with Crippen molar-refractivity contribution in [1.29, 1.82) is 0 Å². The average molecular weight is 250 g/mol. The third-order valence-electron chi connectivity index (χ3n) is 2.88. The molecule has 0 radical (unpaired) electrons. The van der Waals surface area contributed by atoms with Crippen molar-refractivity contribution < 1.29 is 14.3 Å².